The summed E-state index contributed by atoms with van der Waals surface area (Å²) in [5.74, 6) is 0.210. The van der Waals surface area contributed by atoms with E-state index in [0.717, 1.165) is 0 Å². The molecular formula is C14H10ClFO2. The molecule has 0 saturated heterocycles. The number of hydrogen-bond acceptors (Lipinski definition) is 2. The number of carbonyl (C=O) groups is 1. The monoisotopic (exact) mass is 264 g/mol. The third kappa shape index (κ3) is 2.87. The molecule has 0 aromatic heterocycles. The summed E-state index contributed by atoms with van der Waals surface area (Å²) in [6, 6.07) is 10.9. The SMILES string of the molecule is CC(=O)c1cccc(Oc2ccc(Cl)c(F)c2)c1. The largest absolute Gasteiger partial charge is 0.457 e. The van der Waals surface area contributed by atoms with Crippen LogP contribution in [0.25, 0.3) is 0 Å². The lowest BCUT2D eigenvalue weighted by Gasteiger charge is -2.07. The summed E-state index contributed by atoms with van der Waals surface area (Å²) < 4.78 is 18.7. The molecule has 0 heterocycles. The van der Waals surface area contributed by atoms with Crippen molar-refractivity contribution in [2.24, 2.45) is 0 Å². The molecule has 4 heteroatoms. The van der Waals surface area contributed by atoms with Crippen LogP contribution in [0.2, 0.25) is 5.02 Å². The van der Waals surface area contributed by atoms with E-state index in [-0.39, 0.29) is 10.8 Å². The van der Waals surface area contributed by atoms with Crippen LogP contribution in [-0.2, 0) is 0 Å². The number of rotatable bonds is 3. The Morgan fingerprint density at radius 2 is 1.89 bits per heavy atom. The van der Waals surface area contributed by atoms with Crippen molar-refractivity contribution in [1.29, 1.82) is 0 Å². The summed E-state index contributed by atoms with van der Waals surface area (Å²) >= 11 is 5.58. The molecule has 2 aromatic rings. The summed E-state index contributed by atoms with van der Waals surface area (Å²) in [5.41, 5.74) is 0.543. The van der Waals surface area contributed by atoms with Gasteiger partial charge in [-0.3, -0.25) is 4.79 Å². The van der Waals surface area contributed by atoms with Gasteiger partial charge in [-0.2, -0.15) is 0 Å². The molecule has 0 saturated carbocycles. The van der Waals surface area contributed by atoms with E-state index in [1.54, 1.807) is 30.3 Å². The molecule has 0 aliphatic rings. The summed E-state index contributed by atoms with van der Waals surface area (Å²) in [6.07, 6.45) is 0. The normalized spacial score (nSPS) is 10.2. The first-order valence-corrected chi connectivity index (χ1v) is 5.68. The zero-order chi connectivity index (χ0) is 13.1. The summed E-state index contributed by atoms with van der Waals surface area (Å²) in [6.45, 7) is 1.47. The van der Waals surface area contributed by atoms with Crippen LogP contribution in [0, 0.1) is 5.82 Å². The number of carbonyl (C=O) groups excluding carboxylic acids is 1. The molecular weight excluding hydrogens is 255 g/mol. The quantitative estimate of drug-likeness (QED) is 0.765. The van der Waals surface area contributed by atoms with Crippen LogP contribution < -0.4 is 4.74 Å². The van der Waals surface area contributed by atoms with Crippen molar-refractivity contribution in [3.05, 3.63) is 58.9 Å². The third-order valence-electron chi connectivity index (χ3n) is 2.37. The van der Waals surface area contributed by atoms with Gasteiger partial charge in [0, 0.05) is 11.6 Å². The maximum atomic E-state index is 13.2. The van der Waals surface area contributed by atoms with E-state index >= 15 is 0 Å². The van der Waals surface area contributed by atoms with Crippen LogP contribution in [-0.4, -0.2) is 5.78 Å². The maximum Gasteiger partial charge on any atom is 0.159 e. The first-order chi connectivity index (χ1) is 8.56. The number of benzene rings is 2. The average Bonchev–Trinajstić information content (AvgIpc) is 2.34. The van der Waals surface area contributed by atoms with Crippen LogP contribution in [0.1, 0.15) is 17.3 Å². The fraction of sp³-hybridized carbons (Fsp3) is 0.0714. The number of ketones is 1. The van der Waals surface area contributed by atoms with Crippen molar-refractivity contribution < 1.29 is 13.9 Å². The smallest absolute Gasteiger partial charge is 0.159 e. The minimum absolute atomic E-state index is 0.0415. The average molecular weight is 265 g/mol. The zero-order valence-electron chi connectivity index (χ0n) is 9.61. The Hall–Kier alpha value is -1.87. The molecule has 0 bridgehead atoms. The lowest BCUT2D eigenvalue weighted by atomic mass is 10.1. The molecule has 92 valence electrons. The Bertz CT molecular complexity index is 596. The van der Waals surface area contributed by atoms with Crippen LogP contribution in [0.5, 0.6) is 11.5 Å². The van der Waals surface area contributed by atoms with Crippen molar-refractivity contribution in [3.63, 3.8) is 0 Å². The molecule has 0 N–H and O–H groups in total. The van der Waals surface area contributed by atoms with E-state index < -0.39 is 5.82 Å². The summed E-state index contributed by atoms with van der Waals surface area (Å²) in [4.78, 5) is 11.2. The molecule has 2 rings (SSSR count). The summed E-state index contributed by atoms with van der Waals surface area (Å²) in [5, 5.41) is 0.0415. The van der Waals surface area contributed by atoms with E-state index in [1.165, 1.54) is 19.1 Å². The van der Waals surface area contributed by atoms with Gasteiger partial charge in [-0.05, 0) is 31.2 Å². The highest BCUT2D eigenvalue weighted by molar-refractivity contribution is 6.30. The highest BCUT2D eigenvalue weighted by Crippen LogP contribution is 2.26. The highest BCUT2D eigenvalue weighted by atomic mass is 35.5. The van der Waals surface area contributed by atoms with Crippen LogP contribution in [0.3, 0.4) is 0 Å². The molecule has 0 spiro atoms. The molecule has 0 atom stereocenters. The van der Waals surface area contributed by atoms with Crippen molar-refractivity contribution in [1.82, 2.24) is 0 Å². The minimum Gasteiger partial charge on any atom is -0.457 e. The molecule has 0 fully saturated rings. The van der Waals surface area contributed by atoms with E-state index in [9.17, 15) is 9.18 Å². The lowest BCUT2D eigenvalue weighted by molar-refractivity contribution is 0.101. The van der Waals surface area contributed by atoms with Gasteiger partial charge in [-0.25, -0.2) is 4.39 Å². The van der Waals surface area contributed by atoms with Gasteiger partial charge in [0.05, 0.1) is 5.02 Å². The van der Waals surface area contributed by atoms with E-state index in [2.05, 4.69) is 0 Å². The van der Waals surface area contributed by atoms with Gasteiger partial charge in [0.25, 0.3) is 0 Å². The molecule has 2 nitrogen and oxygen atoms in total. The van der Waals surface area contributed by atoms with Crippen molar-refractivity contribution in [2.75, 3.05) is 0 Å². The standard InChI is InChI=1S/C14H10ClFO2/c1-9(17)10-3-2-4-11(7-10)18-12-5-6-13(15)14(16)8-12/h2-8H,1H3. The van der Waals surface area contributed by atoms with Gasteiger partial charge >= 0.3 is 0 Å². The Balaban J connectivity index is 2.25. The second-order valence-electron chi connectivity index (χ2n) is 3.76. The molecule has 0 unspecified atom stereocenters. The summed E-state index contributed by atoms with van der Waals surface area (Å²) in [7, 11) is 0. The first kappa shape index (κ1) is 12.6. The lowest BCUT2D eigenvalue weighted by Crippen LogP contribution is -1.92. The molecule has 0 amide bonds. The molecule has 0 aliphatic heterocycles. The first-order valence-electron chi connectivity index (χ1n) is 5.30. The Kier molecular flexibility index (Phi) is 3.63. The Morgan fingerprint density at radius 1 is 1.17 bits per heavy atom. The topological polar surface area (TPSA) is 26.3 Å². The highest BCUT2D eigenvalue weighted by Gasteiger charge is 2.05. The molecule has 0 radical (unpaired) electrons. The number of hydrogen-bond donors (Lipinski definition) is 0. The van der Waals surface area contributed by atoms with Crippen LogP contribution in [0.4, 0.5) is 4.39 Å². The minimum atomic E-state index is -0.545. The third-order valence-corrected chi connectivity index (χ3v) is 2.67. The van der Waals surface area contributed by atoms with Crippen molar-refractivity contribution in [3.8, 4) is 11.5 Å². The van der Waals surface area contributed by atoms with Crippen LogP contribution in [0.15, 0.2) is 42.5 Å². The van der Waals surface area contributed by atoms with Gasteiger partial charge < -0.3 is 4.74 Å². The maximum absolute atomic E-state index is 13.2. The zero-order valence-corrected chi connectivity index (χ0v) is 10.4. The van der Waals surface area contributed by atoms with E-state index in [0.29, 0.717) is 17.1 Å². The van der Waals surface area contributed by atoms with Crippen molar-refractivity contribution >= 4 is 17.4 Å². The Morgan fingerprint density at radius 3 is 2.56 bits per heavy atom. The molecule has 18 heavy (non-hydrogen) atoms. The Labute approximate surface area is 109 Å². The predicted molar refractivity (Wildman–Crippen MR) is 67.9 cm³/mol. The second kappa shape index (κ2) is 5.19. The fourth-order valence-corrected chi connectivity index (χ4v) is 1.57. The number of halogens is 2. The van der Waals surface area contributed by atoms with E-state index in [4.69, 9.17) is 16.3 Å². The number of Topliss-reactive ketones (excluding diaryl/α,β-unsaturated/α-hetero) is 1. The van der Waals surface area contributed by atoms with E-state index in [1.807, 2.05) is 0 Å². The second-order valence-corrected chi connectivity index (χ2v) is 4.17. The number of ether oxygens (including phenoxy) is 1. The molecule has 0 aliphatic carbocycles. The van der Waals surface area contributed by atoms with Gasteiger partial charge in [0.15, 0.2) is 5.78 Å². The van der Waals surface area contributed by atoms with Crippen LogP contribution >= 0.6 is 11.6 Å². The van der Waals surface area contributed by atoms with Gasteiger partial charge in [-0.15, -0.1) is 0 Å². The fourth-order valence-electron chi connectivity index (χ4n) is 1.46. The molecule has 2 aromatic carbocycles. The predicted octanol–water partition coefficient (Wildman–Crippen LogP) is 4.47. The van der Waals surface area contributed by atoms with Gasteiger partial charge in [0.1, 0.15) is 17.3 Å². The van der Waals surface area contributed by atoms with Crippen molar-refractivity contribution in [2.45, 2.75) is 6.92 Å². The van der Waals surface area contributed by atoms with Gasteiger partial charge in [-0.1, -0.05) is 23.7 Å². The van der Waals surface area contributed by atoms with Gasteiger partial charge in [0.2, 0.25) is 0 Å².